The van der Waals surface area contributed by atoms with Crippen LogP contribution in [-0.4, -0.2) is 20.7 Å². The summed E-state index contributed by atoms with van der Waals surface area (Å²) in [5.41, 5.74) is 1.07. The van der Waals surface area contributed by atoms with Crippen molar-refractivity contribution in [3.63, 3.8) is 0 Å². The van der Waals surface area contributed by atoms with E-state index in [0.717, 1.165) is 40.6 Å². The molecule has 4 rings (SSSR count). The average Bonchev–Trinajstić information content (AvgIpc) is 3.02. The maximum atomic E-state index is 13.2. The summed E-state index contributed by atoms with van der Waals surface area (Å²) in [6, 6.07) is 13.9. The van der Waals surface area contributed by atoms with Gasteiger partial charge < -0.3 is 9.88 Å². The van der Waals surface area contributed by atoms with Crippen molar-refractivity contribution in [2.45, 2.75) is 34.7 Å². The van der Waals surface area contributed by atoms with E-state index in [1.54, 1.807) is 18.5 Å². The maximum Gasteiger partial charge on any atom is 0.235 e. The Morgan fingerprint density at radius 1 is 1.15 bits per heavy atom. The first kappa shape index (κ1) is 17.7. The van der Waals surface area contributed by atoms with Gasteiger partial charge in [-0.1, -0.05) is 18.6 Å². The molecule has 1 heterocycles. The SMILES string of the molecule is Cn1cnnc1Sc1ccc(NC(=O)C2(c3ccc(F)cc3)CCC2)cc1. The molecule has 7 heteroatoms. The summed E-state index contributed by atoms with van der Waals surface area (Å²) in [4.78, 5) is 14.0. The Morgan fingerprint density at radius 3 is 2.41 bits per heavy atom. The first-order valence-corrected chi connectivity index (χ1v) is 9.58. The topological polar surface area (TPSA) is 59.8 Å². The lowest BCUT2D eigenvalue weighted by molar-refractivity contribution is -0.124. The molecule has 0 saturated heterocycles. The summed E-state index contributed by atoms with van der Waals surface area (Å²) in [5, 5.41) is 11.7. The minimum absolute atomic E-state index is 0.0333. The average molecular weight is 382 g/mol. The van der Waals surface area contributed by atoms with Gasteiger partial charge >= 0.3 is 0 Å². The predicted molar refractivity (Wildman–Crippen MR) is 102 cm³/mol. The molecule has 5 nitrogen and oxygen atoms in total. The highest BCUT2D eigenvalue weighted by Crippen LogP contribution is 2.44. The van der Waals surface area contributed by atoms with E-state index in [1.165, 1.54) is 23.9 Å². The van der Waals surface area contributed by atoms with Gasteiger partial charge in [-0.3, -0.25) is 4.79 Å². The number of rotatable bonds is 5. The van der Waals surface area contributed by atoms with Gasteiger partial charge in [0, 0.05) is 17.6 Å². The Hall–Kier alpha value is -2.67. The first-order chi connectivity index (χ1) is 13.1. The van der Waals surface area contributed by atoms with Crippen molar-refractivity contribution in [3.05, 3.63) is 66.2 Å². The fourth-order valence-corrected chi connectivity index (χ4v) is 4.04. The standard InChI is InChI=1S/C20H19FN4OS/c1-25-13-22-24-19(25)27-17-9-7-16(8-10-17)23-18(26)20(11-2-12-20)14-3-5-15(21)6-4-14/h3-10,13H,2,11-12H2,1H3,(H,23,26). The van der Waals surface area contributed by atoms with E-state index >= 15 is 0 Å². The molecular formula is C20H19FN4OS. The number of aryl methyl sites for hydroxylation is 1. The summed E-state index contributed by atoms with van der Waals surface area (Å²) < 4.78 is 15.1. The molecule has 0 unspecified atom stereocenters. The van der Waals surface area contributed by atoms with Crippen molar-refractivity contribution in [2.75, 3.05) is 5.32 Å². The molecule has 1 amide bonds. The van der Waals surface area contributed by atoms with Gasteiger partial charge in [0.25, 0.3) is 0 Å². The van der Waals surface area contributed by atoms with Crippen molar-refractivity contribution >= 4 is 23.4 Å². The molecule has 0 radical (unpaired) electrons. The Balaban J connectivity index is 1.47. The lowest BCUT2D eigenvalue weighted by atomic mass is 9.64. The normalized spacial score (nSPS) is 15.2. The second kappa shape index (κ2) is 7.15. The largest absolute Gasteiger partial charge is 0.325 e. The summed E-state index contributed by atoms with van der Waals surface area (Å²) in [6.07, 6.45) is 4.22. The molecule has 0 aliphatic heterocycles. The molecule has 3 aromatic rings. The van der Waals surface area contributed by atoms with Gasteiger partial charge in [0.05, 0.1) is 5.41 Å². The molecule has 0 bridgehead atoms. The van der Waals surface area contributed by atoms with Crippen LogP contribution >= 0.6 is 11.8 Å². The number of carbonyl (C=O) groups excluding carboxylic acids is 1. The third-order valence-electron chi connectivity index (χ3n) is 5.03. The van der Waals surface area contributed by atoms with Gasteiger partial charge in [-0.2, -0.15) is 0 Å². The van der Waals surface area contributed by atoms with E-state index in [-0.39, 0.29) is 11.7 Å². The number of nitrogens with zero attached hydrogens (tertiary/aromatic N) is 3. The highest BCUT2D eigenvalue weighted by Gasteiger charge is 2.45. The van der Waals surface area contributed by atoms with Crippen LogP contribution in [0.25, 0.3) is 0 Å². The highest BCUT2D eigenvalue weighted by molar-refractivity contribution is 7.99. The zero-order valence-corrected chi connectivity index (χ0v) is 15.7. The Morgan fingerprint density at radius 2 is 1.85 bits per heavy atom. The monoisotopic (exact) mass is 382 g/mol. The fraction of sp³-hybridized carbons (Fsp3) is 0.250. The third kappa shape index (κ3) is 3.47. The molecule has 1 saturated carbocycles. The van der Waals surface area contributed by atoms with E-state index in [9.17, 15) is 9.18 Å². The number of anilines is 1. The number of aromatic nitrogens is 3. The second-order valence-electron chi connectivity index (χ2n) is 6.75. The molecule has 0 atom stereocenters. The number of benzene rings is 2. The van der Waals surface area contributed by atoms with Gasteiger partial charge in [0.15, 0.2) is 5.16 Å². The van der Waals surface area contributed by atoms with Crippen LogP contribution in [0.3, 0.4) is 0 Å². The van der Waals surface area contributed by atoms with Gasteiger partial charge in [-0.25, -0.2) is 4.39 Å². The number of amides is 1. The van der Waals surface area contributed by atoms with E-state index in [2.05, 4.69) is 15.5 Å². The number of carbonyl (C=O) groups is 1. The van der Waals surface area contributed by atoms with Crippen LogP contribution in [0.4, 0.5) is 10.1 Å². The third-order valence-corrected chi connectivity index (χ3v) is 6.09. The van der Waals surface area contributed by atoms with Crippen LogP contribution < -0.4 is 5.32 Å². The Labute approximate surface area is 161 Å². The van der Waals surface area contributed by atoms with Crippen LogP contribution in [0.2, 0.25) is 0 Å². The van der Waals surface area contributed by atoms with Gasteiger partial charge in [-0.05, 0) is 66.6 Å². The van der Waals surface area contributed by atoms with Gasteiger partial charge in [0.2, 0.25) is 5.91 Å². The maximum absolute atomic E-state index is 13.2. The fourth-order valence-electron chi connectivity index (χ4n) is 3.27. The minimum Gasteiger partial charge on any atom is -0.325 e. The van der Waals surface area contributed by atoms with E-state index < -0.39 is 5.41 Å². The molecule has 1 aliphatic rings. The van der Waals surface area contributed by atoms with Crippen LogP contribution in [-0.2, 0) is 17.3 Å². The molecule has 2 aromatic carbocycles. The Bertz CT molecular complexity index is 949. The van der Waals surface area contributed by atoms with Crippen LogP contribution in [0, 0.1) is 5.82 Å². The van der Waals surface area contributed by atoms with Crippen LogP contribution in [0.5, 0.6) is 0 Å². The number of hydrogen-bond acceptors (Lipinski definition) is 4. The van der Waals surface area contributed by atoms with Crippen molar-refractivity contribution in [3.8, 4) is 0 Å². The molecular weight excluding hydrogens is 363 g/mol. The smallest absolute Gasteiger partial charge is 0.235 e. The van der Waals surface area contributed by atoms with Crippen molar-refractivity contribution in [1.82, 2.24) is 14.8 Å². The van der Waals surface area contributed by atoms with Crippen molar-refractivity contribution in [1.29, 1.82) is 0 Å². The number of halogens is 1. The summed E-state index contributed by atoms with van der Waals surface area (Å²) in [7, 11) is 1.89. The summed E-state index contributed by atoms with van der Waals surface area (Å²) in [6.45, 7) is 0. The minimum atomic E-state index is -0.556. The zero-order valence-electron chi connectivity index (χ0n) is 14.9. The zero-order chi connectivity index (χ0) is 18.9. The van der Waals surface area contributed by atoms with E-state index in [1.807, 2.05) is 35.9 Å². The van der Waals surface area contributed by atoms with Crippen molar-refractivity contribution in [2.24, 2.45) is 7.05 Å². The molecule has 1 fully saturated rings. The van der Waals surface area contributed by atoms with Crippen molar-refractivity contribution < 1.29 is 9.18 Å². The second-order valence-corrected chi connectivity index (χ2v) is 7.79. The Kier molecular flexibility index (Phi) is 4.70. The quantitative estimate of drug-likeness (QED) is 0.720. The first-order valence-electron chi connectivity index (χ1n) is 8.76. The van der Waals surface area contributed by atoms with Gasteiger partial charge in [0.1, 0.15) is 12.1 Å². The highest BCUT2D eigenvalue weighted by atomic mass is 32.2. The van der Waals surface area contributed by atoms with E-state index in [0.29, 0.717) is 0 Å². The number of nitrogens with one attached hydrogen (secondary N) is 1. The molecule has 1 N–H and O–H groups in total. The van der Waals surface area contributed by atoms with Crippen LogP contribution in [0.15, 0.2) is 64.9 Å². The molecule has 138 valence electrons. The van der Waals surface area contributed by atoms with E-state index in [4.69, 9.17) is 0 Å². The molecule has 1 aliphatic carbocycles. The van der Waals surface area contributed by atoms with Gasteiger partial charge in [-0.15, -0.1) is 10.2 Å². The summed E-state index contributed by atoms with van der Waals surface area (Å²) in [5.74, 6) is -0.321. The summed E-state index contributed by atoms with van der Waals surface area (Å²) >= 11 is 1.51. The lowest BCUT2D eigenvalue weighted by Gasteiger charge is -2.40. The molecule has 27 heavy (non-hydrogen) atoms. The predicted octanol–water partition coefficient (Wildman–Crippen LogP) is 4.17. The molecule has 1 aromatic heterocycles. The molecule has 0 spiro atoms. The lowest BCUT2D eigenvalue weighted by Crippen LogP contribution is -2.46. The van der Waals surface area contributed by atoms with Crippen LogP contribution in [0.1, 0.15) is 24.8 Å². The number of hydrogen-bond donors (Lipinski definition) is 1.